The second-order valence-corrected chi connectivity index (χ2v) is 5.33. The maximum atomic E-state index is 12.2. The van der Waals surface area contributed by atoms with Gasteiger partial charge in [-0.3, -0.25) is 10.2 Å². The van der Waals surface area contributed by atoms with Crippen LogP contribution in [-0.4, -0.2) is 49.8 Å². The van der Waals surface area contributed by atoms with Gasteiger partial charge in [-0.1, -0.05) is 18.2 Å². The highest BCUT2D eigenvalue weighted by Crippen LogP contribution is 2.31. The first kappa shape index (κ1) is 13.4. The van der Waals surface area contributed by atoms with Gasteiger partial charge in [0.25, 0.3) is 5.91 Å². The summed E-state index contributed by atoms with van der Waals surface area (Å²) in [7, 11) is 0. The summed E-state index contributed by atoms with van der Waals surface area (Å²) >= 11 is 0. The number of amides is 1. The van der Waals surface area contributed by atoms with Crippen molar-refractivity contribution >= 4 is 11.6 Å². The first-order valence-electron chi connectivity index (χ1n) is 7.27. The first-order valence-corrected chi connectivity index (χ1v) is 7.27. The van der Waals surface area contributed by atoms with Gasteiger partial charge in [0.1, 0.15) is 0 Å². The monoisotopic (exact) mass is 275 g/mol. The molecule has 20 heavy (non-hydrogen) atoms. The molecule has 1 aliphatic heterocycles. The molecule has 1 heterocycles. The quantitative estimate of drug-likeness (QED) is 0.871. The normalized spacial score (nSPS) is 19.6. The molecule has 0 unspecified atom stereocenters. The Kier molecular flexibility index (Phi) is 4.18. The Balaban J connectivity index is 1.57. The smallest absolute Gasteiger partial charge is 0.253 e. The van der Waals surface area contributed by atoms with Crippen molar-refractivity contribution in [1.82, 2.24) is 10.4 Å². The Hall–Kier alpha value is -1.59. The van der Waals surface area contributed by atoms with Crippen molar-refractivity contribution in [2.45, 2.75) is 18.9 Å². The molecule has 0 bridgehead atoms. The lowest BCUT2D eigenvalue weighted by Gasteiger charge is -2.29. The molecule has 108 valence electrons. The van der Waals surface area contributed by atoms with Gasteiger partial charge in [0.2, 0.25) is 0 Å². The van der Waals surface area contributed by atoms with Crippen LogP contribution in [-0.2, 0) is 9.53 Å². The van der Waals surface area contributed by atoms with Crippen LogP contribution >= 0.6 is 0 Å². The number of para-hydroxylation sites is 1. The lowest BCUT2D eigenvalue weighted by Crippen LogP contribution is -2.51. The van der Waals surface area contributed by atoms with Crippen LogP contribution in [0.4, 0.5) is 5.69 Å². The van der Waals surface area contributed by atoms with Gasteiger partial charge in [-0.15, -0.1) is 0 Å². The fourth-order valence-corrected chi connectivity index (χ4v) is 2.48. The largest absolute Gasteiger partial charge is 0.379 e. The third-order valence-corrected chi connectivity index (χ3v) is 3.68. The number of hydrazine groups is 1. The van der Waals surface area contributed by atoms with E-state index < -0.39 is 0 Å². The molecule has 3 rings (SSSR count). The summed E-state index contributed by atoms with van der Waals surface area (Å²) in [5, 5.41) is 1.95. The molecule has 1 amide bonds. The van der Waals surface area contributed by atoms with Crippen LogP contribution in [0.1, 0.15) is 12.8 Å². The van der Waals surface area contributed by atoms with Crippen molar-refractivity contribution in [3.05, 3.63) is 30.3 Å². The molecule has 0 spiro atoms. The highest BCUT2D eigenvalue weighted by molar-refractivity contribution is 5.81. The molecule has 2 fully saturated rings. The van der Waals surface area contributed by atoms with Crippen molar-refractivity contribution in [1.29, 1.82) is 0 Å². The molecule has 0 atom stereocenters. The van der Waals surface area contributed by atoms with Crippen LogP contribution in [0.25, 0.3) is 0 Å². The van der Waals surface area contributed by atoms with Gasteiger partial charge in [0.05, 0.1) is 19.8 Å². The average molecular weight is 275 g/mol. The zero-order valence-corrected chi connectivity index (χ0v) is 11.6. The van der Waals surface area contributed by atoms with E-state index in [1.807, 2.05) is 23.2 Å². The Morgan fingerprint density at radius 3 is 2.60 bits per heavy atom. The zero-order chi connectivity index (χ0) is 13.8. The Morgan fingerprint density at radius 1 is 1.25 bits per heavy atom. The molecule has 0 radical (unpaired) electrons. The van der Waals surface area contributed by atoms with E-state index in [4.69, 9.17) is 4.74 Å². The third-order valence-electron chi connectivity index (χ3n) is 3.68. The SMILES string of the molecule is O=C(CN(c1ccccc1)C1CC1)NN1CCOCC1. The van der Waals surface area contributed by atoms with E-state index in [1.165, 1.54) is 12.8 Å². The van der Waals surface area contributed by atoms with Crippen LogP contribution in [0.2, 0.25) is 0 Å². The van der Waals surface area contributed by atoms with E-state index in [0.717, 1.165) is 18.8 Å². The summed E-state index contributed by atoms with van der Waals surface area (Å²) in [5.74, 6) is 0.0580. The fraction of sp³-hybridized carbons (Fsp3) is 0.533. The number of benzene rings is 1. The number of hydrogen-bond donors (Lipinski definition) is 1. The van der Waals surface area contributed by atoms with Gasteiger partial charge >= 0.3 is 0 Å². The summed E-state index contributed by atoms with van der Waals surface area (Å²) in [6.45, 7) is 3.32. The van der Waals surface area contributed by atoms with Gasteiger partial charge in [0, 0.05) is 24.8 Å². The van der Waals surface area contributed by atoms with Gasteiger partial charge in [0.15, 0.2) is 0 Å². The van der Waals surface area contributed by atoms with Crippen molar-refractivity contribution in [3.63, 3.8) is 0 Å². The Morgan fingerprint density at radius 2 is 1.95 bits per heavy atom. The zero-order valence-electron chi connectivity index (χ0n) is 11.6. The highest BCUT2D eigenvalue weighted by atomic mass is 16.5. The molecule has 1 aromatic rings. The minimum Gasteiger partial charge on any atom is -0.379 e. The van der Waals surface area contributed by atoms with E-state index in [2.05, 4.69) is 22.5 Å². The second-order valence-electron chi connectivity index (χ2n) is 5.33. The van der Waals surface area contributed by atoms with E-state index in [1.54, 1.807) is 0 Å². The number of morpholine rings is 1. The minimum absolute atomic E-state index is 0.0580. The lowest BCUT2D eigenvalue weighted by molar-refractivity contribution is -0.126. The number of carbonyl (C=O) groups excluding carboxylic acids is 1. The fourth-order valence-electron chi connectivity index (χ4n) is 2.48. The molecular formula is C15H21N3O2. The van der Waals surface area contributed by atoms with E-state index in [-0.39, 0.29) is 5.91 Å². The highest BCUT2D eigenvalue weighted by Gasteiger charge is 2.30. The molecule has 5 heteroatoms. The summed E-state index contributed by atoms with van der Waals surface area (Å²) in [6, 6.07) is 10.7. The van der Waals surface area contributed by atoms with Gasteiger partial charge in [-0.2, -0.15) is 0 Å². The van der Waals surface area contributed by atoms with E-state index >= 15 is 0 Å². The molecule has 5 nitrogen and oxygen atoms in total. The van der Waals surface area contributed by atoms with Crippen molar-refractivity contribution < 1.29 is 9.53 Å². The molecule has 1 aliphatic carbocycles. The maximum absolute atomic E-state index is 12.2. The standard InChI is InChI=1S/C15H21N3O2/c19-15(16-17-8-10-20-11-9-17)12-18(14-6-7-14)13-4-2-1-3-5-13/h1-5,14H,6-12H2,(H,16,19). The molecule has 1 saturated heterocycles. The van der Waals surface area contributed by atoms with E-state index in [0.29, 0.717) is 25.8 Å². The number of hydrogen-bond acceptors (Lipinski definition) is 4. The predicted molar refractivity (Wildman–Crippen MR) is 77.3 cm³/mol. The van der Waals surface area contributed by atoms with Gasteiger partial charge in [-0.05, 0) is 25.0 Å². The van der Waals surface area contributed by atoms with Crippen LogP contribution in [0.5, 0.6) is 0 Å². The number of nitrogens with zero attached hydrogens (tertiary/aromatic N) is 2. The van der Waals surface area contributed by atoms with Gasteiger partial charge in [-0.25, -0.2) is 5.01 Å². The molecule has 1 aromatic carbocycles. The number of carbonyl (C=O) groups is 1. The number of rotatable bonds is 5. The summed E-state index contributed by atoms with van der Waals surface area (Å²) in [5.41, 5.74) is 4.11. The molecule has 0 aromatic heterocycles. The number of nitrogens with one attached hydrogen (secondary N) is 1. The molecule has 1 N–H and O–H groups in total. The Bertz CT molecular complexity index is 442. The molecular weight excluding hydrogens is 254 g/mol. The Labute approximate surface area is 119 Å². The van der Waals surface area contributed by atoms with E-state index in [9.17, 15) is 4.79 Å². The summed E-state index contributed by atoms with van der Waals surface area (Å²) in [6.07, 6.45) is 2.36. The topological polar surface area (TPSA) is 44.8 Å². The molecule has 2 aliphatic rings. The van der Waals surface area contributed by atoms with Crippen LogP contribution in [0.3, 0.4) is 0 Å². The first-order chi connectivity index (χ1) is 9.83. The minimum atomic E-state index is 0.0580. The predicted octanol–water partition coefficient (Wildman–Crippen LogP) is 1.02. The number of anilines is 1. The van der Waals surface area contributed by atoms with Crippen molar-refractivity contribution in [2.24, 2.45) is 0 Å². The third kappa shape index (κ3) is 3.49. The maximum Gasteiger partial charge on any atom is 0.253 e. The van der Waals surface area contributed by atoms with Crippen LogP contribution in [0, 0.1) is 0 Å². The molecule has 1 saturated carbocycles. The average Bonchev–Trinajstić information content (AvgIpc) is 3.31. The van der Waals surface area contributed by atoms with Crippen molar-refractivity contribution in [3.8, 4) is 0 Å². The second kappa shape index (κ2) is 6.24. The number of ether oxygens (including phenoxy) is 1. The van der Waals surface area contributed by atoms with Crippen molar-refractivity contribution in [2.75, 3.05) is 37.7 Å². The summed E-state index contributed by atoms with van der Waals surface area (Å²) < 4.78 is 5.28. The van der Waals surface area contributed by atoms with Gasteiger partial charge < -0.3 is 9.64 Å². The van der Waals surface area contributed by atoms with Crippen LogP contribution < -0.4 is 10.3 Å². The van der Waals surface area contributed by atoms with Crippen LogP contribution in [0.15, 0.2) is 30.3 Å². The lowest BCUT2D eigenvalue weighted by atomic mass is 10.3. The summed E-state index contributed by atoms with van der Waals surface area (Å²) in [4.78, 5) is 14.4.